The van der Waals surface area contributed by atoms with Crippen molar-refractivity contribution in [3.63, 3.8) is 0 Å². The van der Waals surface area contributed by atoms with Crippen molar-refractivity contribution >= 4 is 29.0 Å². The Morgan fingerprint density at radius 3 is 2.43 bits per heavy atom. The van der Waals surface area contributed by atoms with E-state index in [0.29, 0.717) is 36.2 Å². The van der Waals surface area contributed by atoms with E-state index in [1.165, 1.54) is 6.42 Å². The van der Waals surface area contributed by atoms with Crippen molar-refractivity contribution in [2.24, 2.45) is 5.92 Å². The zero-order valence-corrected chi connectivity index (χ0v) is 26.2. The summed E-state index contributed by atoms with van der Waals surface area (Å²) in [6.45, 7) is 9.78. The van der Waals surface area contributed by atoms with Gasteiger partial charge < -0.3 is 14.5 Å². The van der Waals surface area contributed by atoms with Crippen molar-refractivity contribution in [2.75, 3.05) is 38.2 Å². The van der Waals surface area contributed by atoms with Crippen LogP contribution in [0.15, 0.2) is 42.5 Å². The van der Waals surface area contributed by atoms with Crippen LogP contribution in [-0.4, -0.2) is 70.5 Å². The summed E-state index contributed by atoms with van der Waals surface area (Å²) in [6, 6.07) is 14.1. The van der Waals surface area contributed by atoms with Gasteiger partial charge in [0, 0.05) is 50.2 Å². The van der Waals surface area contributed by atoms with E-state index in [9.17, 15) is 9.59 Å². The fourth-order valence-electron chi connectivity index (χ4n) is 6.32. The number of nitrogens with zero attached hydrogens (tertiary/aromatic N) is 5. The van der Waals surface area contributed by atoms with Gasteiger partial charge in [-0.1, -0.05) is 41.9 Å². The Morgan fingerprint density at radius 2 is 1.71 bits per heavy atom. The van der Waals surface area contributed by atoms with Gasteiger partial charge in [0.15, 0.2) is 0 Å². The van der Waals surface area contributed by atoms with E-state index >= 15 is 0 Å². The summed E-state index contributed by atoms with van der Waals surface area (Å²) in [5, 5.41) is 4.35. The van der Waals surface area contributed by atoms with Gasteiger partial charge in [-0.2, -0.15) is 0 Å². The predicted octanol–water partition coefficient (Wildman–Crippen LogP) is 6.19. The van der Waals surface area contributed by atoms with Gasteiger partial charge in [0.25, 0.3) is 5.91 Å². The Bertz CT molecular complexity index is 1370. The molecule has 0 atom stereocenters. The maximum absolute atomic E-state index is 14.3. The molecular weight excluding hydrogens is 546 g/mol. The van der Waals surface area contributed by atoms with E-state index in [4.69, 9.17) is 4.74 Å². The second-order valence-corrected chi connectivity index (χ2v) is 12.6. The Hall–Kier alpha value is -3.30. The summed E-state index contributed by atoms with van der Waals surface area (Å²) in [4.78, 5) is 35.3. The molecule has 2 amide bonds. The lowest BCUT2D eigenvalue weighted by Crippen LogP contribution is -2.41. The average molecular weight is 590 g/mol. The van der Waals surface area contributed by atoms with Crippen LogP contribution in [-0.2, 0) is 11.3 Å². The number of carbonyl (C=O) groups is 2. The summed E-state index contributed by atoms with van der Waals surface area (Å²) in [6.07, 6.45) is 6.27. The molecule has 2 aromatic carbocycles. The molecule has 8 nitrogen and oxygen atoms in total. The highest BCUT2D eigenvalue weighted by molar-refractivity contribution is 7.08. The lowest BCUT2D eigenvalue weighted by molar-refractivity contribution is -0.123. The lowest BCUT2D eigenvalue weighted by atomic mass is 9.87. The molecule has 1 saturated carbocycles. The SMILES string of the molecule is COc1ccc(-c2nnsc2C(=O)N2CCN(C(C)C)CCCN(C(=O)C3CCCCC3)c3c(C)cccc3C2)cc1. The second kappa shape index (κ2) is 13.8. The van der Waals surface area contributed by atoms with E-state index in [1.807, 2.05) is 35.2 Å². The summed E-state index contributed by atoms with van der Waals surface area (Å²) < 4.78 is 9.50. The van der Waals surface area contributed by atoms with Gasteiger partial charge in [-0.15, -0.1) is 5.10 Å². The number of fused-ring (bicyclic) bond motifs is 1. The van der Waals surface area contributed by atoms with Gasteiger partial charge in [0.05, 0.1) is 12.8 Å². The van der Waals surface area contributed by atoms with Crippen molar-refractivity contribution in [1.82, 2.24) is 19.4 Å². The largest absolute Gasteiger partial charge is 0.497 e. The first kappa shape index (κ1) is 30.2. The molecule has 0 bridgehead atoms. The first-order chi connectivity index (χ1) is 20.4. The molecule has 0 N–H and O–H groups in total. The molecule has 9 heteroatoms. The monoisotopic (exact) mass is 589 g/mol. The highest BCUT2D eigenvalue weighted by atomic mass is 32.1. The van der Waals surface area contributed by atoms with E-state index in [0.717, 1.165) is 84.9 Å². The molecular formula is C33H43N5O3S. The molecule has 5 rings (SSSR count). The first-order valence-electron chi connectivity index (χ1n) is 15.3. The summed E-state index contributed by atoms with van der Waals surface area (Å²) in [7, 11) is 1.63. The van der Waals surface area contributed by atoms with E-state index in [1.54, 1.807) is 7.11 Å². The molecule has 1 aliphatic carbocycles. The molecule has 2 heterocycles. The quantitative estimate of drug-likeness (QED) is 0.353. The minimum Gasteiger partial charge on any atom is -0.497 e. The van der Waals surface area contributed by atoms with Crippen molar-refractivity contribution in [1.29, 1.82) is 0 Å². The smallest absolute Gasteiger partial charge is 0.268 e. The lowest BCUT2D eigenvalue weighted by Gasteiger charge is -2.33. The predicted molar refractivity (Wildman–Crippen MR) is 168 cm³/mol. The van der Waals surface area contributed by atoms with Crippen molar-refractivity contribution in [2.45, 2.75) is 71.9 Å². The summed E-state index contributed by atoms with van der Waals surface area (Å²) in [5.74, 6) is 0.976. The van der Waals surface area contributed by atoms with Crippen LogP contribution in [0.5, 0.6) is 5.75 Å². The van der Waals surface area contributed by atoms with Gasteiger partial charge in [-0.05, 0) is 87.0 Å². The zero-order chi connectivity index (χ0) is 29.6. The molecule has 42 heavy (non-hydrogen) atoms. The molecule has 224 valence electrons. The third kappa shape index (κ3) is 6.68. The van der Waals surface area contributed by atoms with Crippen LogP contribution in [0.2, 0.25) is 0 Å². The molecule has 0 radical (unpaired) electrons. The zero-order valence-electron chi connectivity index (χ0n) is 25.3. The van der Waals surface area contributed by atoms with Crippen LogP contribution < -0.4 is 9.64 Å². The highest BCUT2D eigenvalue weighted by Gasteiger charge is 2.31. The van der Waals surface area contributed by atoms with Crippen molar-refractivity contribution in [3.8, 4) is 17.0 Å². The molecule has 1 fully saturated rings. The number of para-hydroxylation sites is 1. The first-order valence-corrected chi connectivity index (χ1v) is 16.0. The van der Waals surface area contributed by atoms with Gasteiger partial charge in [-0.25, -0.2) is 0 Å². The third-order valence-electron chi connectivity index (χ3n) is 8.72. The van der Waals surface area contributed by atoms with Crippen LogP contribution in [0, 0.1) is 12.8 Å². The maximum atomic E-state index is 14.3. The fraction of sp³-hybridized carbons (Fsp3) is 0.515. The molecule has 0 saturated heterocycles. The van der Waals surface area contributed by atoms with E-state index < -0.39 is 0 Å². The van der Waals surface area contributed by atoms with Gasteiger partial charge in [0.2, 0.25) is 5.91 Å². The summed E-state index contributed by atoms with van der Waals surface area (Å²) in [5.41, 5.74) is 4.47. The normalized spacial score (nSPS) is 17.5. The topological polar surface area (TPSA) is 78.9 Å². The van der Waals surface area contributed by atoms with Crippen LogP contribution in [0.1, 0.15) is 73.2 Å². The number of benzene rings is 2. The van der Waals surface area contributed by atoms with Crippen LogP contribution in [0.4, 0.5) is 5.69 Å². The Balaban J connectivity index is 1.52. The fourth-order valence-corrected chi connectivity index (χ4v) is 6.97. The number of hydrogen-bond acceptors (Lipinski definition) is 7. The minimum absolute atomic E-state index is 0.0746. The van der Waals surface area contributed by atoms with Crippen molar-refractivity contribution in [3.05, 3.63) is 58.5 Å². The standard InChI is InChI=1S/C33H43N5O3S/c1-23(2)36-18-9-19-38(32(39)26-11-6-5-7-12-26)30-24(3)10-8-13-27(30)22-37(21-20-36)33(40)31-29(34-35-42-31)25-14-16-28(41-4)17-15-25/h8,10,13-17,23,26H,5-7,9,11-12,18-22H2,1-4H3. The number of amides is 2. The molecule has 1 aromatic heterocycles. The Kier molecular flexibility index (Phi) is 9.90. The molecule has 0 spiro atoms. The number of aromatic nitrogens is 2. The van der Waals surface area contributed by atoms with Crippen LogP contribution >= 0.6 is 11.5 Å². The number of hydrogen-bond donors (Lipinski definition) is 0. The Labute approximate surface area is 253 Å². The number of ether oxygens (including phenoxy) is 1. The third-order valence-corrected chi connectivity index (χ3v) is 9.43. The minimum atomic E-state index is -0.0867. The van der Waals surface area contributed by atoms with Gasteiger partial charge in [0.1, 0.15) is 16.3 Å². The number of methoxy groups -OCH3 is 1. The van der Waals surface area contributed by atoms with Crippen LogP contribution in [0.25, 0.3) is 11.3 Å². The number of carbonyl (C=O) groups excluding carboxylic acids is 2. The van der Waals surface area contributed by atoms with Gasteiger partial charge >= 0.3 is 0 Å². The Morgan fingerprint density at radius 1 is 0.952 bits per heavy atom. The number of anilines is 1. The van der Waals surface area contributed by atoms with Gasteiger partial charge in [-0.3, -0.25) is 14.5 Å². The molecule has 2 aliphatic rings. The summed E-state index contributed by atoms with van der Waals surface area (Å²) >= 11 is 1.14. The molecule has 0 unspecified atom stereocenters. The highest BCUT2D eigenvalue weighted by Crippen LogP contribution is 2.34. The average Bonchev–Trinajstić information content (AvgIpc) is 3.49. The molecule has 3 aromatic rings. The number of aryl methyl sites for hydroxylation is 1. The van der Waals surface area contributed by atoms with Crippen LogP contribution in [0.3, 0.4) is 0 Å². The number of rotatable bonds is 5. The second-order valence-electron chi connectivity index (χ2n) is 11.8. The maximum Gasteiger partial charge on any atom is 0.268 e. The van der Waals surface area contributed by atoms with E-state index in [-0.39, 0.29) is 17.7 Å². The molecule has 1 aliphatic heterocycles. The van der Waals surface area contributed by atoms with E-state index in [2.05, 4.69) is 52.3 Å². The van der Waals surface area contributed by atoms with Crippen molar-refractivity contribution < 1.29 is 14.3 Å².